The van der Waals surface area contributed by atoms with E-state index < -0.39 is 0 Å². The zero-order valence-electron chi connectivity index (χ0n) is 19.8. The van der Waals surface area contributed by atoms with Crippen LogP contribution in [0.5, 0.6) is 6.01 Å². The van der Waals surface area contributed by atoms with Crippen molar-refractivity contribution in [2.75, 3.05) is 31.6 Å². The number of hydrogen-bond acceptors (Lipinski definition) is 6. The van der Waals surface area contributed by atoms with Crippen molar-refractivity contribution in [1.82, 2.24) is 15.3 Å². The van der Waals surface area contributed by atoms with E-state index >= 15 is 0 Å². The first-order valence-corrected chi connectivity index (χ1v) is 12.9. The fourth-order valence-electron chi connectivity index (χ4n) is 4.66. The Hall–Kier alpha value is -2.90. The number of ether oxygens (including phenoxy) is 1. The molecule has 0 bridgehead atoms. The van der Waals surface area contributed by atoms with Gasteiger partial charge in [0.05, 0.1) is 12.1 Å². The highest BCUT2D eigenvalue weighted by Gasteiger charge is 2.21. The molecule has 1 saturated heterocycles. The van der Waals surface area contributed by atoms with Gasteiger partial charge >= 0.3 is 6.01 Å². The quantitative estimate of drug-likeness (QED) is 0.259. The summed E-state index contributed by atoms with van der Waals surface area (Å²) in [6.45, 7) is 1.98. The van der Waals surface area contributed by atoms with E-state index in [0.29, 0.717) is 16.1 Å². The van der Waals surface area contributed by atoms with Gasteiger partial charge in [0, 0.05) is 27.4 Å². The summed E-state index contributed by atoms with van der Waals surface area (Å²) in [6, 6.07) is 22.7. The van der Waals surface area contributed by atoms with E-state index in [1.54, 1.807) is 0 Å². The highest BCUT2D eigenvalue weighted by Crippen LogP contribution is 2.36. The molecule has 6 nitrogen and oxygen atoms in total. The number of anilines is 1. The Morgan fingerprint density at radius 3 is 2.11 bits per heavy atom. The Morgan fingerprint density at radius 2 is 1.50 bits per heavy atom. The summed E-state index contributed by atoms with van der Waals surface area (Å²) in [5, 5.41) is 18.6. The van der Waals surface area contributed by atoms with Gasteiger partial charge in [-0.05, 0) is 79.0 Å². The van der Waals surface area contributed by atoms with Crippen LogP contribution in [0.1, 0.15) is 35.4 Å². The Labute approximate surface area is 220 Å². The lowest BCUT2D eigenvalue weighted by atomic mass is 9.84. The van der Waals surface area contributed by atoms with E-state index in [-0.39, 0.29) is 25.1 Å². The molecule has 1 aromatic heterocycles. The molecule has 5 rings (SSSR count). The maximum absolute atomic E-state index is 9.20. The van der Waals surface area contributed by atoms with Crippen LogP contribution in [0.15, 0.2) is 66.7 Å². The van der Waals surface area contributed by atoms with Crippen LogP contribution in [-0.2, 0) is 0 Å². The molecule has 0 unspecified atom stereocenters. The fourth-order valence-corrected chi connectivity index (χ4v) is 4.92. The molecule has 1 fully saturated rings. The van der Waals surface area contributed by atoms with E-state index in [1.807, 2.05) is 30.3 Å². The predicted octanol–water partition coefficient (Wildman–Crippen LogP) is 5.65. The van der Waals surface area contributed by atoms with Gasteiger partial charge in [-0.2, -0.15) is 9.97 Å². The van der Waals surface area contributed by atoms with Gasteiger partial charge in [0.25, 0.3) is 0 Å². The normalized spacial score (nSPS) is 14.3. The van der Waals surface area contributed by atoms with Crippen LogP contribution in [-0.4, -0.2) is 47.4 Å². The molecule has 2 heterocycles. The van der Waals surface area contributed by atoms with E-state index in [1.165, 1.54) is 0 Å². The lowest BCUT2D eigenvalue weighted by molar-refractivity contribution is 0.192. The number of nitrogens with one attached hydrogen (secondary N) is 2. The lowest BCUT2D eigenvalue weighted by Gasteiger charge is -2.25. The molecule has 0 radical (unpaired) electrons. The summed E-state index contributed by atoms with van der Waals surface area (Å²) in [5.41, 5.74) is 4.13. The van der Waals surface area contributed by atoms with Crippen LogP contribution in [0.3, 0.4) is 0 Å². The van der Waals surface area contributed by atoms with Crippen molar-refractivity contribution < 1.29 is 9.84 Å². The number of nitrogens with zero attached hydrogens (tertiary/aromatic N) is 2. The first-order chi connectivity index (χ1) is 17.6. The van der Waals surface area contributed by atoms with Crippen molar-refractivity contribution >= 4 is 39.9 Å². The fraction of sp³-hybridized carbons (Fsp3) is 0.286. The highest BCUT2D eigenvalue weighted by molar-refractivity contribution is 6.30. The third-order valence-corrected chi connectivity index (χ3v) is 6.95. The van der Waals surface area contributed by atoms with Gasteiger partial charge in [0.1, 0.15) is 12.4 Å². The van der Waals surface area contributed by atoms with Crippen LogP contribution in [0, 0.1) is 0 Å². The number of benzene rings is 3. The molecule has 3 aromatic carbocycles. The van der Waals surface area contributed by atoms with E-state index in [4.69, 9.17) is 32.9 Å². The first kappa shape index (κ1) is 24.8. The second-order valence-corrected chi connectivity index (χ2v) is 9.78. The number of aromatic nitrogens is 2. The molecule has 0 aliphatic carbocycles. The minimum atomic E-state index is -0.0960. The second-order valence-electron chi connectivity index (χ2n) is 8.91. The summed E-state index contributed by atoms with van der Waals surface area (Å²) in [6.07, 6.45) is 2.02. The number of aliphatic hydroxyl groups is 1. The SMILES string of the molecule is OCCOc1nc(NC2CCNCC2)c2cc(C(c3ccc(Cl)cc3)c3ccc(Cl)cc3)ccc2n1. The molecule has 0 spiro atoms. The van der Waals surface area contributed by atoms with Crippen molar-refractivity contribution in [3.8, 4) is 6.01 Å². The Bertz CT molecular complexity index is 1260. The van der Waals surface area contributed by atoms with Gasteiger partial charge in [-0.1, -0.05) is 53.5 Å². The van der Waals surface area contributed by atoms with Crippen molar-refractivity contribution in [3.63, 3.8) is 0 Å². The zero-order chi connectivity index (χ0) is 24.9. The van der Waals surface area contributed by atoms with Gasteiger partial charge < -0.3 is 20.5 Å². The Balaban J connectivity index is 1.61. The van der Waals surface area contributed by atoms with Crippen LogP contribution in [0.4, 0.5) is 5.82 Å². The maximum atomic E-state index is 9.20. The summed E-state index contributed by atoms with van der Waals surface area (Å²) in [4.78, 5) is 9.29. The van der Waals surface area contributed by atoms with Crippen molar-refractivity contribution in [1.29, 1.82) is 0 Å². The molecule has 1 aliphatic rings. The van der Waals surface area contributed by atoms with Crippen LogP contribution in [0.2, 0.25) is 10.0 Å². The average molecular weight is 523 g/mol. The molecular formula is C28H28Cl2N4O2. The van der Waals surface area contributed by atoms with Gasteiger partial charge in [-0.25, -0.2) is 0 Å². The van der Waals surface area contributed by atoms with Gasteiger partial charge in [-0.3, -0.25) is 0 Å². The van der Waals surface area contributed by atoms with Crippen LogP contribution < -0.4 is 15.4 Å². The summed E-state index contributed by atoms with van der Waals surface area (Å²) in [7, 11) is 0. The number of aliphatic hydroxyl groups excluding tert-OH is 1. The van der Waals surface area contributed by atoms with Crippen molar-refractivity contribution in [3.05, 3.63) is 93.5 Å². The topological polar surface area (TPSA) is 79.3 Å². The molecule has 0 atom stereocenters. The summed E-state index contributed by atoms with van der Waals surface area (Å²) < 4.78 is 5.58. The molecule has 1 aliphatic heterocycles. The Kier molecular flexibility index (Phi) is 7.87. The van der Waals surface area contributed by atoms with E-state index in [9.17, 15) is 5.11 Å². The highest BCUT2D eigenvalue weighted by atomic mass is 35.5. The molecule has 186 valence electrons. The minimum absolute atomic E-state index is 0.0269. The largest absolute Gasteiger partial charge is 0.461 e. The predicted molar refractivity (Wildman–Crippen MR) is 145 cm³/mol. The van der Waals surface area contributed by atoms with Crippen LogP contribution in [0.25, 0.3) is 10.9 Å². The monoisotopic (exact) mass is 522 g/mol. The van der Waals surface area contributed by atoms with E-state index in [2.05, 4.69) is 52.0 Å². The van der Waals surface area contributed by atoms with Crippen LogP contribution >= 0.6 is 23.2 Å². The lowest BCUT2D eigenvalue weighted by Crippen LogP contribution is -2.35. The number of fused-ring (bicyclic) bond motifs is 1. The number of hydrogen-bond donors (Lipinski definition) is 3. The third-order valence-electron chi connectivity index (χ3n) is 6.44. The minimum Gasteiger partial charge on any atom is -0.461 e. The third kappa shape index (κ3) is 5.73. The van der Waals surface area contributed by atoms with Gasteiger partial charge in [-0.15, -0.1) is 0 Å². The smallest absolute Gasteiger partial charge is 0.319 e. The first-order valence-electron chi connectivity index (χ1n) is 12.1. The Morgan fingerprint density at radius 1 is 0.889 bits per heavy atom. The molecular weight excluding hydrogens is 495 g/mol. The van der Waals surface area contributed by atoms with Gasteiger partial charge in [0.2, 0.25) is 0 Å². The average Bonchev–Trinajstić information content (AvgIpc) is 2.90. The summed E-state index contributed by atoms with van der Waals surface area (Å²) >= 11 is 12.4. The standard InChI is InChI=1S/C28H28Cl2N4O2/c29-21-6-1-18(2-7-21)26(19-3-8-22(30)9-4-19)20-5-10-25-24(17-20)27(32-23-11-13-31-14-12-23)34-28(33-25)36-16-15-35/h1-10,17,23,26,31,35H,11-16H2,(H,32,33,34). The molecule has 0 saturated carbocycles. The number of halogens is 2. The molecule has 0 amide bonds. The second kappa shape index (κ2) is 11.4. The number of piperidine rings is 1. The van der Waals surface area contributed by atoms with E-state index in [0.717, 1.165) is 59.3 Å². The molecule has 4 aromatic rings. The van der Waals surface area contributed by atoms with Crippen molar-refractivity contribution in [2.24, 2.45) is 0 Å². The number of rotatable bonds is 8. The molecule has 3 N–H and O–H groups in total. The molecule has 36 heavy (non-hydrogen) atoms. The maximum Gasteiger partial charge on any atom is 0.319 e. The zero-order valence-corrected chi connectivity index (χ0v) is 21.3. The van der Waals surface area contributed by atoms with Gasteiger partial charge in [0.15, 0.2) is 0 Å². The summed E-state index contributed by atoms with van der Waals surface area (Å²) in [5.74, 6) is 0.716. The van der Waals surface area contributed by atoms with Crippen molar-refractivity contribution in [2.45, 2.75) is 24.8 Å². The molecule has 8 heteroatoms.